The topological polar surface area (TPSA) is 44.8 Å². The van der Waals surface area contributed by atoms with Gasteiger partial charge in [-0.2, -0.15) is 0 Å². The first-order valence-corrected chi connectivity index (χ1v) is 7.83. The zero-order valence-electron chi connectivity index (χ0n) is 11.0. The lowest BCUT2D eigenvalue weighted by Crippen LogP contribution is -2.00. The number of unbranched alkanes of at least 4 members (excludes halogenated alkanes) is 4. The Morgan fingerprint density at radius 2 is 1.47 bits per heavy atom. The van der Waals surface area contributed by atoms with Gasteiger partial charge in [-0.05, 0) is 12.8 Å². The van der Waals surface area contributed by atoms with Gasteiger partial charge in [0.05, 0.1) is 19.5 Å². The van der Waals surface area contributed by atoms with E-state index < -0.39 is 7.82 Å². The van der Waals surface area contributed by atoms with Crippen molar-refractivity contribution in [3.05, 3.63) is 12.8 Å². The van der Waals surface area contributed by atoms with E-state index in [1.165, 1.54) is 0 Å². The summed E-state index contributed by atoms with van der Waals surface area (Å²) in [6.07, 6.45) is 7.10. The summed E-state index contributed by atoms with van der Waals surface area (Å²) in [7, 11) is -3.42. The van der Waals surface area contributed by atoms with E-state index in [0.29, 0.717) is 13.2 Å². The van der Waals surface area contributed by atoms with Crippen LogP contribution >= 0.6 is 7.82 Å². The minimum Gasteiger partial charge on any atom is -0.413 e. The molecule has 0 heterocycles. The lowest BCUT2D eigenvalue weighted by Gasteiger charge is -2.16. The largest absolute Gasteiger partial charge is 0.529 e. The highest BCUT2D eigenvalue weighted by molar-refractivity contribution is 7.48. The van der Waals surface area contributed by atoms with Gasteiger partial charge in [-0.15, -0.1) is 0 Å². The van der Waals surface area contributed by atoms with Crippen LogP contribution in [0.4, 0.5) is 0 Å². The second kappa shape index (κ2) is 10.8. The molecular formula is C12H25O4P. The van der Waals surface area contributed by atoms with E-state index in [9.17, 15) is 4.57 Å². The van der Waals surface area contributed by atoms with Crippen molar-refractivity contribution >= 4 is 7.82 Å². The molecule has 0 rings (SSSR count). The van der Waals surface area contributed by atoms with Gasteiger partial charge in [0.2, 0.25) is 0 Å². The van der Waals surface area contributed by atoms with Crippen LogP contribution in [0, 0.1) is 0 Å². The van der Waals surface area contributed by atoms with Crippen LogP contribution in [0.15, 0.2) is 12.8 Å². The Kier molecular flexibility index (Phi) is 10.6. The zero-order chi connectivity index (χ0) is 13.0. The van der Waals surface area contributed by atoms with Crippen LogP contribution in [-0.4, -0.2) is 13.2 Å². The standard InChI is InChI=1S/C12H25O4P/c1-4-7-9-11-15-17(13,14-6-3)16-12-10-8-5-2/h6H,3-5,7-12H2,1-2H3. The predicted molar refractivity (Wildman–Crippen MR) is 69.8 cm³/mol. The molecule has 5 heteroatoms. The quantitative estimate of drug-likeness (QED) is 0.292. The molecule has 0 bridgehead atoms. The van der Waals surface area contributed by atoms with Gasteiger partial charge in [-0.1, -0.05) is 46.1 Å². The summed E-state index contributed by atoms with van der Waals surface area (Å²) >= 11 is 0. The van der Waals surface area contributed by atoms with Gasteiger partial charge < -0.3 is 4.52 Å². The molecule has 0 aromatic heterocycles. The fourth-order valence-corrected chi connectivity index (χ4v) is 2.33. The highest BCUT2D eigenvalue weighted by Gasteiger charge is 2.25. The first-order valence-electron chi connectivity index (χ1n) is 6.37. The molecule has 0 aliphatic heterocycles. The summed E-state index contributed by atoms with van der Waals surface area (Å²) < 4.78 is 27.3. The molecule has 0 atom stereocenters. The van der Waals surface area contributed by atoms with Crippen molar-refractivity contribution in [2.24, 2.45) is 0 Å². The van der Waals surface area contributed by atoms with Gasteiger partial charge in [0.1, 0.15) is 0 Å². The first kappa shape index (κ1) is 16.7. The maximum atomic E-state index is 12.0. The van der Waals surface area contributed by atoms with E-state index >= 15 is 0 Å². The fourth-order valence-electron chi connectivity index (χ4n) is 1.25. The molecule has 0 radical (unpaired) electrons. The summed E-state index contributed by atoms with van der Waals surface area (Å²) in [5.41, 5.74) is 0. The highest BCUT2D eigenvalue weighted by atomic mass is 31.2. The lowest BCUT2D eigenvalue weighted by molar-refractivity contribution is 0.139. The van der Waals surface area contributed by atoms with E-state index in [-0.39, 0.29) is 0 Å². The van der Waals surface area contributed by atoms with Crippen molar-refractivity contribution in [3.8, 4) is 0 Å². The van der Waals surface area contributed by atoms with Crippen LogP contribution in [0.3, 0.4) is 0 Å². The molecule has 0 fully saturated rings. The SMILES string of the molecule is C=COP(=O)(OCCCCC)OCCCCC. The number of hydrogen-bond acceptors (Lipinski definition) is 4. The Bertz CT molecular complexity index is 215. The van der Waals surface area contributed by atoms with Gasteiger partial charge in [0.15, 0.2) is 0 Å². The predicted octanol–water partition coefficient (Wildman–Crippen LogP) is 4.67. The Hall–Kier alpha value is -0.310. The molecule has 0 aliphatic carbocycles. The highest BCUT2D eigenvalue weighted by Crippen LogP contribution is 2.49. The van der Waals surface area contributed by atoms with Gasteiger partial charge >= 0.3 is 7.82 Å². The Morgan fingerprint density at radius 3 is 1.82 bits per heavy atom. The first-order chi connectivity index (χ1) is 8.18. The average molecular weight is 264 g/mol. The maximum Gasteiger partial charge on any atom is 0.529 e. The molecule has 0 aromatic rings. The van der Waals surface area contributed by atoms with Crippen LogP contribution in [0.2, 0.25) is 0 Å². The van der Waals surface area contributed by atoms with Gasteiger partial charge in [0.25, 0.3) is 0 Å². The number of phosphoric acid groups is 1. The van der Waals surface area contributed by atoms with E-state index in [0.717, 1.165) is 44.8 Å². The fraction of sp³-hybridized carbons (Fsp3) is 0.833. The monoisotopic (exact) mass is 264 g/mol. The number of phosphoric ester groups is 1. The molecule has 0 aliphatic rings. The number of rotatable bonds is 12. The molecule has 0 saturated carbocycles. The van der Waals surface area contributed by atoms with Crippen LogP contribution in [0.5, 0.6) is 0 Å². The zero-order valence-corrected chi connectivity index (χ0v) is 11.9. The third-order valence-electron chi connectivity index (χ3n) is 2.20. The smallest absolute Gasteiger partial charge is 0.413 e. The van der Waals surface area contributed by atoms with Gasteiger partial charge in [-0.3, -0.25) is 9.05 Å². The van der Waals surface area contributed by atoms with Crippen molar-refractivity contribution in [2.45, 2.75) is 52.4 Å². The third kappa shape index (κ3) is 9.40. The van der Waals surface area contributed by atoms with Gasteiger partial charge in [0, 0.05) is 0 Å². The summed E-state index contributed by atoms with van der Waals surface area (Å²) in [5, 5.41) is 0. The maximum absolute atomic E-state index is 12.0. The Labute approximate surface area is 105 Å². The minimum atomic E-state index is -3.42. The Morgan fingerprint density at radius 1 is 1.00 bits per heavy atom. The second-order valence-electron chi connectivity index (χ2n) is 3.80. The van der Waals surface area contributed by atoms with Gasteiger partial charge in [-0.25, -0.2) is 4.57 Å². The van der Waals surface area contributed by atoms with E-state index in [2.05, 4.69) is 20.4 Å². The molecule has 0 amide bonds. The number of hydrogen-bond donors (Lipinski definition) is 0. The molecule has 0 unspecified atom stereocenters. The normalized spacial score (nSPS) is 11.4. The van der Waals surface area contributed by atoms with Crippen LogP contribution in [0.25, 0.3) is 0 Å². The Balaban J connectivity index is 3.89. The van der Waals surface area contributed by atoms with Crippen molar-refractivity contribution in [1.29, 1.82) is 0 Å². The molecule has 0 spiro atoms. The van der Waals surface area contributed by atoms with Crippen LogP contribution < -0.4 is 0 Å². The lowest BCUT2D eigenvalue weighted by atomic mass is 10.3. The van der Waals surface area contributed by atoms with Crippen molar-refractivity contribution in [1.82, 2.24) is 0 Å². The minimum absolute atomic E-state index is 0.396. The molecule has 102 valence electrons. The molecule has 0 aromatic carbocycles. The molecular weight excluding hydrogens is 239 g/mol. The summed E-state index contributed by atoms with van der Waals surface area (Å²) in [5.74, 6) is 0. The molecule has 0 saturated heterocycles. The summed E-state index contributed by atoms with van der Waals surface area (Å²) in [4.78, 5) is 0. The van der Waals surface area contributed by atoms with E-state index in [1.807, 2.05) is 0 Å². The van der Waals surface area contributed by atoms with Crippen LogP contribution in [-0.2, 0) is 18.1 Å². The summed E-state index contributed by atoms with van der Waals surface area (Å²) in [6.45, 7) is 8.37. The molecule has 4 nitrogen and oxygen atoms in total. The van der Waals surface area contributed by atoms with Crippen molar-refractivity contribution < 1.29 is 18.1 Å². The van der Waals surface area contributed by atoms with Crippen LogP contribution in [0.1, 0.15) is 52.4 Å². The van der Waals surface area contributed by atoms with Crippen molar-refractivity contribution in [3.63, 3.8) is 0 Å². The van der Waals surface area contributed by atoms with E-state index in [4.69, 9.17) is 13.6 Å². The molecule has 17 heavy (non-hydrogen) atoms. The average Bonchev–Trinajstić information content (AvgIpc) is 2.31. The third-order valence-corrected chi connectivity index (χ3v) is 3.60. The molecule has 0 N–H and O–H groups in total. The summed E-state index contributed by atoms with van der Waals surface area (Å²) in [6, 6.07) is 0. The van der Waals surface area contributed by atoms with Crippen molar-refractivity contribution in [2.75, 3.05) is 13.2 Å². The van der Waals surface area contributed by atoms with E-state index in [1.54, 1.807) is 0 Å². The second-order valence-corrected chi connectivity index (χ2v) is 5.42.